The van der Waals surface area contributed by atoms with Crippen molar-refractivity contribution < 1.29 is 0 Å². The predicted molar refractivity (Wildman–Crippen MR) is 77.3 cm³/mol. The van der Waals surface area contributed by atoms with E-state index in [2.05, 4.69) is 11.0 Å². The molecule has 2 atom stereocenters. The standard InChI is InChI=1S/C15H18ClN3/c16-14-5-4-10(9-17)6-15(14)19-12-2-1-3-13(19)8-11(18)7-12/h4-6,11-13H,1-3,7-8,18H2. The summed E-state index contributed by atoms with van der Waals surface area (Å²) in [5.74, 6) is 0. The van der Waals surface area contributed by atoms with Crippen LogP contribution in [0.25, 0.3) is 0 Å². The number of nitriles is 1. The monoisotopic (exact) mass is 275 g/mol. The third-order valence-electron chi connectivity index (χ3n) is 4.36. The molecule has 2 heterocycles. The lowest BCUT2D eigenvalue weighted by atomic mass is 9.81. The van der Waals surface area contributed by atoms with E-state index in [0.29, 0.717) is 23.7 Å². The minimum Gasteiger partial charge on any atom is -0.364 e. The van der Waals surface area contributed by atoms with Crippen LogP contribution in [-0.2, 0) is 0 Å². The maximum absolute atomic E-state index is 9.06. The first-order valence-electron chi connectivity index (χ1n) is 6.92. The Labute approximate surface area is 118 Å². The molecule has 0 amide bonds. The van der Waals surface area contributed by atoms with Crippen LogP contribution in [0.5, 0.6) is 0 Å². The molecule has 2 aliphatic heterocycles. The second-order valence-corrected chi connectivity index (χ2v) is 6.06. The van der Waals surface area contributed by atoms with Crippen molar-refractivity contribution in [1.29, 1.82) is 5.26 Å². The van der Waals surface area contributed by atoms with Gasteiger partial charge in [-0.3, -0.25) is 0 Å². The number of anilines is 1. The van der Waals surface area contributed by atoms with Gasteiger partial charge in [0.15, 0.2) is 0 Å². The molecule has 1 aromatic rings. The lowest BCUT2D eigenvalue weighted by Gasteiger charge is -2.50. The van der Waals surface area contributed by atoms with Crippen molar-refractivity contribution in [3.05, 3.63) is 28.8 Å². The third-order valence-corrected chi connectivity index (χ3v) is 4.68. The summed E-state index contributed by atoms with van der Waals surface area (Å²) in [4.78, 5) is 2.43. The number of halogens is 1. The molecule has 100 valence electrons. The topological polar surface area (TPSA) is 53.0 Å². The van der Waals surface area contributed by atoms with E-state index in [9.17, 15) is 0 Å². The predicted octanol–water partition coefficient (Wildman–Crippen LogP) is 3.06. The lowest BCUT2D eigenvalue weighted by molar-refractivity contribution is 0.271. The van der Waals surface area contributed by atoms with E-state index in [-0.39, 0.29) is 0 Å². The Morgan fingerprint density at radius 2 is 1.95 bits per heavy atom. The molecule has 0 aromatic heterocycles. The summed E-state index contributed by atoms with van der Waals surface area (Å²) in [7, 11) is 0. The molecule has 0 radical (unpaired) electrons. The maximum atomic E-state index is 9.06. The highest BCUT2D eigenvalue weighted by molar-refractivity contribution is 6.33. The zero-order valence-electron chi connectivity index (χ0n) is 10.8. The zero-order valence-corrected chi connectivity index (χ0v) is 11.6. The second-order valence-electron chi connectivity index (χ2n) is 5.66. The molecule has 3 rings (SSSR count). The smallest absolute Gasteiger partial charge is 0.0992 e. The van der Waals surface area contributed by atoms with Gasteiger partial charge in [-0.05, 0) is 50.3 Å². The Kier molecular flexibility index (Phi) is 3.38. The fourth-order valence-corrected chi connectivity index (χ4v) is 3.81. The van der Waals surface area contributed by atoms with E-state index >= 15 is 0 Å². The largest absolute Gasteiger partial charge is 0.364 e. The van der Waals surface area contributed by atoms with Crippen molar-refractivity contribution in [2.75, 3.05) is 4.90 Å². The van der Waals surface area contributed by atoms with Gasteiger partial charge in [0.25, 0.3) is 0 Å². The summed E-state index contributed by atoms with van der Waals surface area (Å²) < 4.78 is 0. The van der Waals surface area contributed by atoms with Gasteiger partial charge in [0.2, 0.25) is 0 Å². The van der Waals surface area contributed by atoms with E-state index in [1.165, 1.54) is 19.3 Å². The number of benzene rings is 1. The number of nitrogens with two attached hydrogens (primary N) is 1. The van der Waals surface area contributed by atoms with Crippen LogP contribution in [0.15, 0.2) is 18.2 Å². The summed E-state index contributed by atoms with van der Waals surface area (Å²) >= 11 is 6.35. The molecule has 0 spiro atoms. The van der Waals surface area contributed by atoms with Gasteiger partial charge in [0.1, 0.15) is 0 Å². The second kappa shape index (κ2) is 5.03. The van der Waals surface area contributed by atoms with Gasteiger partial charge >= 0.3 is 0 Å². The Balaban J connectivity index is 1.99. The minimum atomic E-state index is 0.310. The van der Waals surface area contributed by atoms with Gasteiger partial charge in [-0.25, -0.2) is 0 Å². The molecular formula is C15H18ClN3. The molecule has 0 aliphatic carbocycles. The quantitative estimate of drug-likeness (QED) is 0.857. The molecule has 2 fully saturated rings. The highest BCUT2D eigenvalue weighted by atomic mass is 35.5. The molecule has 1 aromatic carbocycles. The Hall–Kier alpha value is -1.24. The number of hydrogen-bond acceptors (Lipinski definition) is 3. The SMILES string of the molecule is N#Cc1ccc(Cl)c(N2C3CCCC2CC(N)C3)c1. The minimum absolute atomic E-state index is 0.310. The van der Waals surface area contributed by atoms with Crippen molar-refractivity contribution in [1.82, 2.24) is 0 Å². The fourth-order valence-electron chi connectivity index (χ4n) is 3.60. The molecule has 4 heteroatoms. The fraction of sp³-hybridized carbons (Fsp3) is 0.533. The van der Waals surface area contributed by atoms with E-state index in [4.69, 9.17) is 22.6 Å². The van der Waals surface area contributed by atoms with Gasteiger partial charge in [0, 0.05) is 18.1 Å². The molecule has 19 heavy (non-hydrogen) atoms. The van der Waals surface area contributed by atoms with Gasteiger partial charge in [-0.1, -0.05) is 11.6 Å². The zero-order chi connectivity index (χ0) is 13.4. The average Bonchev–Trinajstić information content (AvgIpc) is 2.39. The summed E-state index contributed by atoms with van der Waals surface area (Å²) in [6.45, 7) is 0. The Bertz CT molecular complexity index is 509. The number of hydrogen-bond donors (Lipinski definition) is 1. The Morgan fingerprint density at radius 1 is 1.26 bits per heavy atom. The normalized spacial score (nSPS) is 29.9. The molecule has 2 saturated heterocycles. The van der Waals surface area contributed by atoms with E-state index in [1.54, 1.807) is 6.07 Å². The summed E-state index contributed by atoms with van der Waals surface area (Å²) in [6, 6.07) is 9.00. The van der Waals surface area contributed by atoms with E-state index < -0.39 is 0 Å². The summed E-state index contributed by atoms with van der Waals surface area (Å²) in [5.41, 5.74) is 7.84. The first-order valence-corrected chi connectivity index (χ1v) is 7.30. The highest BCUT2D eigenvalue weighted by Gasteiger charge is 2.37. The molecule has 2 unspecified atom stereocenters. The van der Waals surface area contributed by atoms with Crippen LogP contribution in [0, 0.1) is 11.3 Å². The lowest BCUT2D eigenvalue weighted by Crippen LogP contribution is -2.55. The number of piperidine rings is 2. The average molecular weight is 276 g/mol. The molecular weight excluding hydrogens is 258 g/mol. The first kappa shape index (κ1) is 12.8. The molecule has 2 bridgehead atoms. The van der Waals surface area contributed by atoms with Gasteiger partial charge < -0.3 is 10.6 Å². The van der Waals surface area contributed by atoms with Crippen molar-refractivity contribution in [3.63, 3.8) is 0 Å². The number of rotatable bonds is 1. The number of fused-ring (bicyclic) bond motifs is 2. The summed E-state index contributed by atoms with van der Waals surface area (Å²) in [6.07, 6.45) is 5.69. The molecule has 3 nitrogen and oxygen atoms in total. The van der Waals surface area contributed by atoms with Crippen LogP contribution in [0.3, 0.4) is 0 Å². The number of nitrogens with zero attached hydrogens (tertiary/aromatic N) is 2. The van der Waals surface area contributed by atoms with Crippen molar-refractivity contribution in [2.45, 2.75) is 50.2 Å². The van der Waals surface area contributed by atoms with E-state index in [1.807, 2.05) is 12.1 Å². The van der Waals surface area contributed by atoms with Crippen LogP contribution in [-0.4, -0.2) is 18.1 Å². The van der Waals surface area contributed by atoms with Gasteiger partial charge in [-0.2, -0.15) is 5.26 Å². The molecule has 2 aliphatic rings. The van der Waals surface area contributed by atoms with Crippen LogP contribution in [0.1, 0.15) is 37.7 Å². The Morgan fingerprint density at radius 3 is 2.58 bits per heavy atom. The van der Waals surface area contributed by atoms with Crippen molar-refractivity contribution in [2.24, 2.45) is 5.73 Å². The first-order chi connectivity index (χ1) is 9.19. The highest BCUT2D eigenvalue weighted by Crippen LogP contribution is 2.40. The maximum Gasteiger partial charge on any atom is 0.0992 e. The van der Waals surface area contributed by atoms with Crippen molar-refractivity contribution in [3.8, 4) is 6.07 Å². The molecule has 0 saturated carbocycles. The van der Waals surface area contributed by atoms with Crippen LogP contribution >= 0.6 is 11.6 Å². The third kappa shape index (κ3) is 2.31. The molecule has 2 N–H and O–H groups in total. The van der Waals surface area contributed by atoms with E-state index in [0.717, 1.165) is 23.6 Å². The van der Waals surface area contributed by atoms with Crippen LogP contribution < -0.4 is 10.6 Å². The summed E-state index contributed by atoms with van der Waals surface area (Å²) in [5, 5.41) is 9.81. The van der Waals surface area contributed by atoms with Crippen molar-refractivity contribution >= 4 is 17.3 Å². The van der Waals surface area contributed by atoms with Crippen LogP contribution in [0.4, 0.5) is 5.69 Å². The van der Waals surface area contributed by atoms with Gasteiger partial charge in [-0.15, -0.1) is 0 Å². The van der Waals surface area contributed by atoms with Gasteiger partial charge in [0.05, 0.1) is 22.3 Å². The van der Waals surface area contributed by atoms with Crippen LogP contribution in [0.2, 0.25) is 5.02 Å².